The summed E-state index contributed by atoms with van der Waals surface area (Å²) in [7, 11) is 0. The number of rotatable bonds is 13. The van der Waals surface area contributed by atoms with Crippen LogP contribution in [0.15, 0.2) is 76.8 Å². The van der Waals surface area contributed by atoms with Crippen molar-refractivity contribution in [3.63, 3.8) is 0 Å². The quantitative estimate of drug-likeness (QED) is 0.179. The molecule has 1 aliphatic heterocycles. The molecule has 0 N–H and O–H groups in total. The predicted octanol–water partition coefficient (Wildman–Crippen LogP) is 7.46. The second-order valence-electron chi connectivity index (χ2n) is 9.47. The highest BCUT2D eigenvalue weighted by molar-refractivity contribution is 6.36. The van der Waals surface area contributed by atoms with E-state index in [4.69, 9.17) is 32.7 Å². The molecule has 1 heterocycles. The Morgan fingerprint density at radius 2 is 1.93 bits per heavy atom. The van der Waals surface area contributed by atoms with Gasteiger partial charge in [-0.1, -0.05) is 66.2 Å². The zero-order chi connectivity index (χ0) is 28.8. The molecular weight excluding hydrogens is 563 g/mol. The van der Waals surface area contributed by atoms with Crippen molar-refractivity contribution in [2.24, 2.45) is 5.92 Å². The molecule has 0 radical (unpaired) electrons. The summed E-state index contributed by atoms with van der Waals surface area (Å²) >= 11 is 12.8. The smallest absolute Gasteiger partial charge is 0.387 e. The zero-order valence-electron chi connectivity index (χ0n) is 21.9. The van der Waals surface area contributed by atoms with Gasteiger partial charge in [-0.2, -0.15) is 8.78 Å². The second-order valence-corrected chi connectivity index (χ2v) is 10.3. The molecule has 6 nitrogen and oxygen atoms in total. The number of nitrogens with zero attached hydrogens (tertiary/aromatic N) is 1. The van der Waals surface area contributed by atoms with Gasteiger partial charge in [0.2, 0.25) is 5.91 Å². The number of amides is 1. The minimum Gasteiger partial charge on any atom is -0.489 e. The van der Waals surface area contributed by atoms with Gasteiger partial charge in [-0.25, -0.2) is 0 Å². The van der Waals surface area contributed by atoms with Crippen molar-refractivity contribution in [3.8, 4) is 11.5 Å². The first-order valence-corrected chi connectivity index (χ1v) is 13.6. The number of hydrogen-bond donors (Lipinski definition) is 0. The Kier molecular flexibility index (Phi) is 9.87. The highest BCUT2D eigenvalue weighted by atomic mass is 35.5. The van der Waals surface area contributed by atoms with Crippen LogP contribution >= 0.6 is 23.2 Å². The first-order chi connectivity index (χ1) is 19.2. The summed E-state index contributed by atoms with van der Waals surface area (Å²) in [4.78, 5) is 27.2. The molecule has 0 aromatic heterocycles. The van der Waals surface area contributed by atoms with E-state index < -0.39 is 18.7 Å². The van der Waals surface area contributed by atoms with Gasteiger partial charge in [-0.05, 0) is 60.6 Å². The van der Waals surface area contributed by atoms with E-state index in [0.29, 0.717) is 34.4 Å². The van der Waals surface area contributed by atoms with E-state index in [9.17, 15) is 18.4 Å². The lowest BCUT2D eigenvalue weighted by Gasteiger charge is -2.24. The zero-order valence-corrected chi connectivity index (χ0v) is 23.4. The molecule has 0 spiro atoms. The van der Waals surface area contributed by atoms with Crippen LogP contribution in [0, 0.1) is 5.92 Å². The average molecular weight is 592 g/mol. The van der Waals surface area contributed by atoms with Crippen LogP contribution in [0.5, 0.6) is 11.5 Å². The van der Waals surface area contributed by atoms with Gasteiger partial charge >= 0.3 is 12.6 Å². The Balaban J connectivity index is 1.65. The predicted molar refractivity (Wildman–Crippen MR) is 150 cm³/mol. The lowest BCUT2D eigenvalue weighted by atomic mass is 9.99. The third-order valence-corrected chi connectivity index (χ3v) is 7.44. The summed E-state index contributed by atoms with van der Waals surface area (Å²) in [6, 6.07) is 11.6. The van der Waals surface area contributed by atoms with Crippen molar-refractivity contribution in [1.82, 2.24) is 0 Å². The molecule has 1 aliphatic carbocycles. The fraction of sp³-hybridized carbons (Fsp3) is 0.333. The highest BCUT2D eigenvalue weighted by Crippen LogP contribution is 2.39. The van der Waals surface area contributed by atoms with Crippen molar-refractivity contribution in [2.75, 3.05) is 18.1 Å². The van der Waals surface area contributed by atoms with E-state index in [1.54, 1.807) is 25.1 Å². The van der Waals surface area contributed by atoms with Crippen molar-refractivity contribution in [1.29, 1.82) is 0 Å². The standard InChI is InChI=1S/C30H29Cl2F2NO5/c1-3-22(31)21(23(32)4-2)15-26(39-29(37)16-35-24-8-6-5-7-19(24)14-28(35)36)20-11-12-25(40-30(33)34)27(13-20)38-17-18-9-10-18/h3-8,11-13,18,26,30H,1,9-10,14-17H2,2H3/b22-21+,23-4+/t26-/m0/s1. The number of carbonyl (C=O) groups is 2. The van der Waals surface area contributed by atoms with E-state index in [1.807, 2.05) is 12.1 Å². The van der Waals surface area contributed by atoms with Crippen LogP contribution in [0.3, 0.4) is 0 Å². The number of carbonyl (C=O) groups excluding carboxylic acids is 2. The third kappa shape index (κ3) is 7.43. The van der Waals surface area contributed by atoms with Gasteiger partial charge in [0.05, 0.1) is 13.0 Å². The molecule has 1 atom stereocenters. The van der Waals surface area contributed by atoms with E-state index in [0.717, 1.165) is 18.4 Å². The molecule has 1 saturated carbocycles. The van der Waals surface area contributed by atoms with Gasteiger partial charge in [0.1, 0.15) is 12.6 Å². The summed E-state index contributed by atoms with van der Waals surface area (Å²) in [5.74, 6) is -0.561. The van der Waals surface area contributed by atoms with Gasteiger partial charge in [0.15, 0.2) is 11.5 Å². The van der Waals surface area contributed by atoms with Crippen LogP contribution in [0.1, 0.15) is 43.4 Å². The second kappa shape index (κ2) is 13.3. The molecule has 2 aromatic rings. The van der Waals surface area contributed by atoms with E-state index in [-0.39, 0.29) is 41.8 Å². The van der Waals surface area contributed by atoms with Gasteiger partial charge in [0, 0.05) is 22.2 Å². The third-order valence-electron chi connectivity index (χ3n) is 6.61. The summed E-state index contributed by atoms with van der Waals surface area (Å²) in [6.45, 7) is 2.43. The molecule has 1 amide bonds. The summed E-state index contributed by atoms with van der Waals surface area (Å²) in [6.07, 6.45) is 4.34. The number of esters is 1. The average Bonchev–Trinajstić information content (AvgIpc) is 3.72. The number of allylic oxidation sites excluding steroid dienone is 4. The molecule has 40 heavy (non-hydrogen) atoms. The van der Waals surface area contributed by atoms with E-state index in [1.165, 1.54) is 29.2 Å². The van der Waals surface area contributed by atoms with Crippen molar-refractivity contribution in [2.45, 2.75) is 45.3 Å². The van der Waals surface area contributed by atoms with Crippen LogP contribution in [0.25, 0.3) is 0 Å². The van der Waals surface area contributed by atoms with Crippen LogP contribution < -0.4 is 14.4 Å². The number of hydrogen-bond acceptors (Lipinski definition) is 5. The van der Waals surface area contributed by atoms with Gasteiger partial charge < -0.3 is 19.1 Å². The van der Waals surface area contributed by atoms with Gasteiger partial charge in [-0.15, -0.1) is 0 Å². The maximum atomic E-state index is 13.2. The molecule has 10 heteroatoms. The lowest BCUT2D eigenvalue weighted by Crippen LogP contribution is -2.34. The Hall–Kier alpha value is -3.36. The number of ether oxygens (including phenoxy) is 3. The highest BCUT2D eigenvalue weighted by Gasteiger charge is 2.31. The van der Waals surface area contributed by atoms with E-state index in [2.05, 4.69) is 11.3 Å². The monoisotopic (exact) mass is 591 g/mol. The number of anilines is 1. The van der Waals surface area contributed by atoms with Crippen molar-refractivity contribution < 1.29 is 32.6 Å². The van der Waals surface area contributed by atoms with Crippen LogP contribution in [0.4, 0.5) is 14.5 Å². The number of benzene rings is 2. The molecule has 1 fully saturated rings. The fourth-order valence-corrected chi connectivity index (χ4v) is 4.76. The molecule has 212 valence electrons. The van der Waals surface area contributed by atoms with E-state index >= 15 is 0 Å². The lowest BCUT2D eigenvalue weighted by molar-refractivity contribution is -0.148. The normalized spacial score (nSPS) is 16.4. The topological polar surface area (TPSA) is 65.1 Å². The SMILES string of the molecule is C=C/C(Cl)=C(C[C@H](OC(=O)CN1C(=O)Cc2ccccc21)c1ccc(OC(F)F)c(OCC2CC2)c1)\C(Cl)=C/C. The maximum absolute atomic E-state index is 13.2. The minimum atomic E-state index is -3.04. The molecule has 0 unspecified atom stereocenters. The summed E-state index contributed by atoms with van der Waals surface area (Å²) < 4.78 is 42.5. The molecule has 2 aromatic carbocycles. The molecule has 0 bridgehead atoms. The summed E-state index contributed by atoms with van der Waals surface area (Å²) in [5.41, 5.74) is 2.39. The van der Waals surface area contributed by atoms with Crippen LogP contribution in [-0.4, -0.2) is 31.6 Å². The van der Waals surface area contributed by atoms with Crippen molar-refractivity contribution >= 4 is 40.8 Å². The Bertz CT molecular complexity index is 1340. The van der Waals surface area contributed by atoms with Crippen molar-refractivity contribution in [3.05, 3.63) is 88.0 Å². The fourth-order valence-electron chi connectivity index (χ4n) is 4.36. The Labute approximate surface area is 241 Å². The Morgan fingerprint density at radius 1 is 1.18 bits per heavy atom. The molecule has 0 saturated heterocycles. The first-order valence-electron chi connectivity index (χ1n) is 12.8. The number of fused-ring (bicyclic) bond motifs is 1. The number of halogens is 4. The summed E-state index contributed by atoms with van der Waals surface area (Å²) in [5, 5.41) is 0.591. The Morgan fingerprint density at radius 3 is 2.60 bits per heavy atom. The molecular formula is C30H29Cl2F2NO5. The number of alkyl halides is 2. The molecule has 4 rings (SSSR count). The largest absolute Gasteiger partial charge is 0.489 e. The van der Waals surface area contributed by atoms with Crippen LogP contribution in [0.2, 0.25) is 0 Å². The minimum absolute atomic E-state index is 0.0431. The maximum Gasteiger partial charge on any atom is 0.387 e. The molecule has 2 aliphatic rings. The van der Waals surface area contributed by atoms with Crippen LogP contribution in [-0.2, 0) is 20.7 Å². The van der Waals surface area contributed by atoms with Gasteiger partial charge in [-0.3, -0.25) is 9.59 Å². The van der Waals surface area contributed by atoms with Gasteiger partial charge in [0.25, 0.3) is 0 Å². The number of para-hydroxylation sites is 1. The first kappa shape index (κ1) is 29.6.